The van der Waals surface area contributed by atoms with Gasteiger partial charge >= 0.3 is 13.3 Å². The third-order valence-electron chi connectivity index (χ3n) is 4.37. The molecule has 1 heterocycles. The SMILES string of the molecule is COc1ccc(C(B2OC(C)(C)C(C)(C)O2)C(F)(F)F)cc1. The molecule has 0 saturated carbocycles. The monoisotopic (exact) mass is 316 g/mol. The molecule has 0 radical (unpaired) electrons. The standard InChI is InChI=1S/C15H20BF3O3/c1-13(2)14(3,4)22-16(21-13)12(15(17,18)19)10-6-8-11(20-5)9-7-10/h6-9,12H,1-5H3. The van der Waals surface area contributed by atoms with Crippen LogP contribution >= 0.6 is 0 Å². The highest BCUT2D eigenvalue weighted by atomic mass is 19.4. The number of hydrogen-bond donors (Lipinski definition) is 0. The van der Waals surface area contributed by atoms with E-state index >= 15 is 0 Å². The highest BCUT2D eigenvalue weighted by Crippen LogP contribution is 2.46. The van der Waals surface area contributed by atoms with E-state index in [4.69, 9.17) is 14.0 Å². The Bertz CT molecular complexity index is 510. The van der Waals surface area contributed by atoms with Gasteiger partial charge in [-0.25, -0.2) is 0 Å². The Balaban J connectivity index is 2.36. The summed E-state index contributed by atoms with van der Waals surface area (Å²) >= 11 is 0. The molecule has 0 N–H and O–H groups in total. The first-order chi connectivity index (χ1) is 9.98. The molecule has 1 saturated heterocycles. The van der Waals surface area contributed by atoms with Gasteiger partial charge in [0.05, 0.1) is 18.3 Å². The first-order valence-electron chi connectivity index (χ1n) is 7.04. The summed E-state index contributed by atoms with van der Waals surface area (Å²) in [5.41, 5.74) is -1.53. The van der Waals surface area contributed by atoms with Gasteiger partial charge in [0.1, 0.15) is 11.6 Å². The zero-order valence-electron chi connectivity index (χ0n) is 13.3. The summed E-state index contributed by atoms with van der Waals surface area (Å²) in [5, 5.41) is 0. The van der Waals surface area contributed by atoms with E-state index < -0.39 is 30.3 Å². The van der Waals surface area contributed by atoms with Crippen LogP contribution in [0.2, 0.25) is 0 Å². The van der Waals surface area contributed by atoms with E-state index in [9.17, 15) is 13.2 Å². The molecule has 0 aromatic heterocycles. The number of rotatable bonds is 3. The lowest BCUT2D eigenvalue weighted by Gasteiger charge is -2.32. The van der Waals surface area contributed by atoms with Crippen molar-refractivity contribution in [3.8, 4) is 5.75 Å². The van der Waals surface area contributed by atoms with Gasteiger partial charge in [-0.1, -0.05) is 12.1 Å². The third kappa shape index (κ3) is 3.10. The van der Waals surface area contributed by atoms with Crippen molar-refractivity contribution in [3.63, 3.8) is 0 Å². The van der Waals surface area contributed by atoms with Crippen molar-refractivity contribution < 1.29 is 27.2 Å². The summed E-state index contributed by atoms with van der Waals surface area (Å²) in [7, 11) is 0.0863. The second kappa shape index (κ2) is 5.46. The molecule has 1 aromatic rings. The Kier molecular flexibility index (Phi) is 4.26. The smallest absolute Gasteiger partial charge is 0.475 e. The van der Waals surface area contributed by atoms with Crippen LogP contribution < -0.4 is 4.74 Å². The molecule has 1 aromatic carbocycles. The molecular weight excluding hydrogens is 296 g/mol. The predicted octanol–water partition coefficient (Wildman–Crippen LogP) is 3.97. The summed E-state index contributed by atoms with van der Waals surface area (Å²) in [6, 6.07) is 5.78. The summed E-state index contributed by atoms with van der Waals surface area (Å²) in [6.45, 7) is 6.92. The zero-order chi connectivity index (χ0) is 16.8. The lowest BCUT2D eigenvalue weighted by atomic mass is 9.67. The fraction of sp³-hybridized carbons (Fsp3) is 0.600. The van der Waals surface area contributed by atoms with Crippen molar-refractivity contribution in [3.05, 3.63) is 29.8 Å². The second-order valence-corrected chi connectivity index (χ2v) is 6.42. The Morgan fingerprint density at radius 2 is 1.45 bits per heavy atom. The molecule has 3 nitrogen and oxygen atoms in total. The zero-order valence-corrected chi connectivity index (χ0v) is 13.3. The second-order valence-electron chi connectivity index (χ2n) is 6.42. The van der Waals surface area contributed by atoms with Crippen LogP contribution in [0.25, 0.3) is 0 Å². The lowest BCUT2D eigenvalue weighted by molar-refractivity contribution is -0.138. The maximum Gasteiger partial charge on any atom is 0.475 e. The van der Waals surface area contributed by atoms with Gasteiger partial charge in [0.15, 0.2) is 0 Å². The third-order valence-corrected chi connectivity index (χ3v) is 4.37. The number of alkyl halides is 3. The highest BCUT2D eigenvalue weighted by molar-refractivity contribution is 6.48. The molecule has 2 rings (SSSR count). The van der Waals surface area contributed by atoms with Crippen LogP contribution in [0.5, 0.6) is 5.75 Å². The van der Waals surface area contributed by atoms with Crippen LogP contribution in [0, 0.1) is 0 Å². The van der Waals surface area contributed by atoms with Crippen molar-refractivity contribution in [2.45, 2.75) is 50.9 Å². The molecule has 0 aliphatic carbocycles. The molecule has 0 spiro atoms. The Morgan fingerprint density at radius 1 is 1.00 bits per heavy atom. The molecule has 122 valence electrons. The van der Waals surface area contributed by atoms with Gasteiger partial charge in [-0.15, -0.1) is 0 Å². The summed E-state index contributed by atoms with van der Waals surface area (Å²) < 4.78 is 56.8. The van der Waals surface area contributed by atoms with Gasteiger partial charge in [0.2, 0.25) is 0 Å². The molecule has 22 heavy (non-hydrogen) atoms. The normalized spacial score (nSPS) is 21.7. The molecule has 0 bridgehead atoms. The minimum Gasteiger partial charge on any atom is -0.497 e. The van der Waals surface area contributed by atoms with Gasteiger partial charge in [0.25, 0.3) is 0 Å². The molecule has 1 aliphatic rings. The van der Waals surface area contributed by atoms with E-state index in [1.807, 2.05) is 0 Å². The van der Waals surface area contributed by atoms with E-state index in [-0.39, 0.29) is 5.56 Å². The first-order valence-corrected chi connectivity index (χ1v) is 7.04. The quantitative estimate of drug-likeness (QED) is 0.790. The van der Waals surface area contributed by atoms with E-state index in [2.05, 4.69) is 0 Å². The first kappa shape index (κ1) is 17.2. The van der Waals surface area contributed by atoms with Crippen molar-refractivity contribution in [2.75, 3.05) is 7.11 Å². The number of benzene rings is 1. The van der Waals surface area contributed by atoms with Crippen LogP contribution in [0.15, 0.2) is 24.3 Å². The minimum absolute atomic E-state index is 0.0896. The molecule has 1 fully saturated rings. The molecule has 7 heteroatoms. The Hall–Kier alpha value is -1.21. The Labute approximate surface area is 128 Å². The molecule has 1 unspecified atom stereocenters. The largest absolute Gasteiger partial charge is 0.497 e. The lowest BCUT2D eigenvalue weighted by Crippen LogP contribution is -2.41. The number of methoxy groups -OCH3 is 1. The fourth-order valence-corrected chi connectivity index (χ4v) is 2.34. The minimum atomic E-state index is -4.48. The van der Waals surface area contributed by atoms with E-state index in [1.165, 1.54) is 31.4 Å². The predicted molar refractivity (Wildman–Crippen MR) is 77.9 cm³/mol. The average molecular weight is 316 g/mol. The van der Waals surface area contributed by atoms with Crippen LogP contribution in [-0.2, 0) is 9.31 Å². The number of halogens is 3. The van der Waals surface area contributed by atoms with Crippen LogP contribution in [-0.4, -0.2) is 31.6 Å². The van der Waals surface area contributed by atoms with Gasteiger partial charge in [-0.05, 0) is 45.4 Å². The summed E-state index contributed by atoms with van der Waals surface area (Å²) in [5.74, 6) is -1.35. The summed E-state index contributed by atoms with van der Waals surface area (Å²) in [6.07, 6.45) is -4.48. The average Bonchev–Trinajstić information content (AvgIpc) is 2.57. The molecule has 0 amide bonds. The van der Waals surface area contributed by atoms with Crippen molar-refractivity contribution in [1.29, 1.82) is 0 Å². The van der Waals surface area contributed by atoms with Gasteiger partial charge in [-0.2, -0.15) is 13.2 Å². The molecule has 1 aliphatic heterocycles. The topological polar surface area (TPSA) is 27.7 Å². The van der Waals surface area contributed by atoms with Crippen LogP contribution in [0.1, 0.15) is 39.1 Å². The van der Waals surface area contributed by atoms with Crippen LogP contribution in [0.3, 0.4) is 0 Å². The van der Waals surface area contributed by atoms with Crippen LogP contribution in [0.4, 0.5) is 13.2 Å². The maximum absolute atomic E-state index is 13.6. The van der Waals surface area contributed by atoms with E-state index in [0.717, 1.165) is 0 Å². The van der Waals surface area contributed by atoms with Crippen molar-refractivity contribution >= 4 is 7.12 Å². The van der Waals surface area contributed by atoms with E-state index in [1.54, 1.807) is 27.7 Å². The highest BCUT2D eigenvalue weighted by Gasteiger charge is 2.60. The number of ether oxygens (including phenoxy) is 1. The Morgan fingerprint density at radius 3 is 1.82 bits per heavy atom. The fourth-order valence-electron chi connectivity index (χ4n) is 2.34. The van der Waals surface area contributed by atoms with E-state index in [0.29, 0.717) is 5.75 Å². The molecular formula is C15H20BF3O3. The van der Waals surface area contributed by atoms with Gasteiger partial charge in [0, 0.05) is 0 Å². The van der Waals surface area contributed by atoms with Crippen molar-refractivity contribution in [2.24, 2.45) is 0 Å². The molecule has 1 atom stereocenters. The maximum atomic E-state index is 13.6. The number of hydrogen-bond acceptors (Lipinski definition) is 3. The van der Waals surface area contributed by atoms with Gasteiger partial charge in [-0.3, -0.25) is 0 Å². The summed E-state index contributed by atoms with van der Waals surface area (Å²) in [4.78, 5) is 0. The van der Waals surface area contributed by atoms with Gasteiger partial charge < -0.3 is 14.0 Å². The van der Waals surface area contributed by atoms with Crippen molar-refractivity contribution in [1.82, 2.24) is 0 Å².